The van der Waals surface area contributed by atoms with Crippen LogP contribution in [0.1, 0.15) is 45.1 Å². The van der Waals surface area contributed by atoms with E-state index in [0.29, 0.717) is 5.92 Å². The Morgan fingerprint density at radius 1 is 1.07 bits per heavy atom. The Bertz CT molecular complexity index is 885. The van der Waals surface area contributed by atoms with Crippen molar-refractivity contribution in [1.29, 1.82) is 21.2 Å². The fraction of sp³-hybridized carbons (Fsp3) is 0.478. The van der Waals surface area contributed by atoms with Crippen LogP contribution >= 0.6 is 0 Å². The molecular formula is C23H24N4. The third-order valence-corrected chi connectivity index (χ3v) is 6.39. The van der Waals surface area contributed by atoms with E-state index in [1.807, 2.05) is 30.3 Å². The van der Waals surface area contributed by atoms with Crippen LogP contribution in [-0.2, 0) is 0 Å². The van der Waals surface area contributed by atoms with E-state index < -0.39 is 17.3 Å². The summed E-state index contributed by atoms with van der Waals surface area (Å²) in [6.45, 7) is 6.63. The Kier molecular flexibility index (Phi) is 4.67. The quantitative estimate of drug-likeness (QED) is 0.719. The molecule has 0 heterocycles. The molecule has 0 amide bonds. The molecule has 1 aromatic carbocycles. The molecule has 3 rings (SSSR count). The Morgan fingerprint density at radius 2 is 1.70 bits per heavy atom. The van der Waals surface area contributed by atoms with E-state index >= 15 is 0 Å². The third-order valence-electron chi connectivity index (χ3n) is 6.39. The highest BCUT2D eigenvalue weighted by atomic mass is 14.7. The molecule has 1 N–H and O–H groups in total. The van der Waals surface area contributed by atoms with Crippen LogP contribution in [-0.4, -0.2) is 5.71 Å². The molecule has 0 aromatic heterocycles. The molecule has 27 heavy (non-hydrogen) atoms. The minimum atomic E-state index is -1.61. The van der Waals surface area contributed by atoms with Gasteiger partial charge in [-0.2, -0.15) is 15.8 Å². The maximum absolute atomic E-state index is 10.0. The minimum absolute atomic E-state index is 0.0689. The monoisotopic (exact) mass is 356 g/mol. The summed E-state index contributed by atoms with van der Waals surface area (Å²) in [7, 11) is 0. The van der Waals surface area contributed by atoms with Crippen LogP contribution in [0.2, 0.25) is 0 Å². The minimum Gasteiger partial charge on any atom is -0.305 e. The van der Waals surface area contributed by atoms with Crippen molar-refractivity contribution >= 4 is 5.71 Å². The van der Waals surface area contributed by atoms with Crippen molar-refractivity contribution < 1.29 is 0 Å². The van der Waals surface area contributed by atoms with Gasteiger partial charge in [-0.05, 0) is 41.2 Å². The highest BCUT2D eigenvalue weighted by Crippen LogP contribution is 2.57. The largest absolute Gasteiger partial charge is 0.305 e. The maximum atomic E-state index is 10.0. The second kappa shape index (κ2) is 6.68. The van der Waals surface area contributed by atoms with Gasteiger partial charge in [0, 0.05) is 5.92 Å². The summed E-state index contributed by atoms with van der Waals surface area (Å²) in [5.74, 6) is -0.889. The molecular weight excluding hydrogens is 332 g/mol. The predicted molar refractivity (Wildman–Crippen MR) is 103 cm³/mol. The van der Waals surface area contributed by atoms with Crippen molar-refractivity contribution in [3.63, 3.8) is 0 Å². The maximum Gasteiger partial charge on any atom is 0.189 e. The van der Waals surface area contributed by atoms with E-state index in [1.165, 1.54) is 0 Å². The topological polar surface area (TPSA) is 95.2 Å². The van der Waals surface area contributed by atoms with E-state index in [4.69, 9.17) is 5.41 Å². The van der Waals surface area contributed by atoms with Crippen molar-refractivity contribution in [2.75, 3.05) is 0 Å². The van der Waals surface area contributed by atoms with Crippen LogP contribution in [0.5, 0.6) is 0 Å². The zero-order valence-electron chi connectivity index (χ0n) is 16.0. The normalized spacial score (nSPS) is 29.5. The molecule has 1 fully saturated rings. The van der Waals surface area contributed by atoms with Gasteiger partial charge < -0.3 is 5.41 Å². The van der Waals surface area contributed by atoms with Gasteiger partial charge in [-0.15, -0.1) is 0 Å². The van der Waals surface area contributed by atoms with Gasteiger partial charge >= 0.3 is 0 Å². The number of hydrogen-bond donors (Lipinski definition) is 1. The molecule has 4 nitrogen and oxygen atoms in total. The SMILES string of the molecule is CC(C)(C)[C@H]1CC=C2C(C#N)C(=N)C(C#N)(C#N)[C@@H](c3ccccc3)[C@H]2C1. The van der Waals surface area contributed by atoms with Gasteiger partial charge in [-0.25, -0.2) is 0 Å². The van der Waals surface area contributed by atoms with Crippen molar-refractivity contribution in [1.82, 2.24) is 0 Å². The molecule has 0 saturated heterocycles. The van der Waals surface area contributed by atoms with Gasteiger partial charge in [0.2, 0.25) is 0 Å². The lowest BCUT2D eigenvalue weighted by atomic mass is 9.51. The Labute approximate surface area is 161 Å². The van der Waals surface area contributed by atoms with Crippen molar-refractivity contribution in [2.24, 2.45) is 28.6 Å². The lowest BCUT2D eigenvalue weighted by molar-refractivity contribution is 0.168. The molecule has 1 saturated carbocycles. The molecule has 1 unspecified atom stereocenters. The third kappa shape index (κ3) is 2.85. The number of nitriles is 3. The summed E-state index contributed by atoms with van der Waals surface area (Å²) in [6, 6.07) is 16.1. The Balaban J connectivity index is 2.24. The number of rotatable bonds is 1. The second-order valence-corrected chi connectivity index (χ2v) is 8.74. The smallest absolute Gasteiger partial charge is 0.189 e. The first-order chi connectivity index (χ1) is 12.8. The molecule has 0 spiro atoms. The molecule has 0 bridgehead atoms. The van der Waals surface area contributed by atoms with Crippen molar-refractivity contribution in [3.05, 3.63) is 47.5 Å². The van der Waals surface area contributed by atoms with Crippen LogP contribution in [0.15, 0.2) is 42.0 Å². The van der Waals surface area contributed by atoms with Crippen LogP contribution in [0.4, 0.5) is 0 Å². The van der Waals surface area contributed by atoms with Crippen molar-refractivity contribution in [2.45, 2.75) is 39.5 Å². The summed E-state index contributed by atoms with van der Waals surface area (Å²) >= 11 is 0. The average Bonchev–Trinajstić information content (AvgIpc) is 2.67. The average molecular weight is 356 g/mol. The van der Waals surface area contributed by atoms with Gasteiger partial charge in [0.15, 0.2) is 5.41 Å². The summed E-state index contributed by atoms with van der Waals surface area (Å²) in [6.07, 6.45) is 3.81. The zero-order chi connectivity index (χ0) is 19.8. The summed E-state index contributed by atoms with van der Waals surface area (Å²) < 4.78 is 0. The number of benzene rings is 1. The summed E-state index contributed by atoms with van der Waals surface area (Å²) in [5.41, 5.74) is 0.243. The highest BCUT2D eigenvalue weighted by molar-refractivity contribution is 6.00. The molecule has 0 radical (unpaired) electrons. The molecule has 2 aliphatic carbocycles. The van der Waals surface area contributed by atoms with Gasteiger partial charge in [0.1, 0.15) is 5.92 Å². The van der Waals surface area contributed by atoms with Gasteiger partial charge in [-0.1, -0.05) is 57.2 Å². The van der Waals surface area contributed by atoms with Crippen LogP contribution in [0.3, 0.4) is 0 Å². The fourth-order valence-corrected chi connectivity index (χ4v) is 4.77. The molecule has 2 aliphatic rings. The van der Waals surface area contributed by atoms with Crippen LogP contribution < -0.4 is 0 Å². The lowest BCUT2D eigenvalue weighted by Gasteiger charge is -2.49. The fourth-order valence-electron chi connectivity index (χ4n) is 4.77. The number of allylic oxidation sites excluding steroid dienone is 2. The molecule has 4 heteroatoms. The number of fused-ring (bicyclic) bond motifs is 1. The van der Waals surface area contributed by atoms with Gasteiger partial charge in [0.05, 0.1) is 23.9 Å². The molecule has 4 atom stereocenters. The first-order valence-corrected chi connectivity index (χ1v) is 9.36. The van der Waals surface area contributed by atoms with E-state index in [2.05, 4.69) is 45.1 Å². The predicted octanol–water partition coefficient (Wildman–Crippen LogP) is 4.98. The lowest BCUT2D eigenvalue weighted by Crippen LogP contribution is -2.50. The number of hydrogen-bond acceptors (Lipinski definition) is 4. The summed E-state index contributed by atoms with van der Waals surface area (Å²) in [5, 5.41) is 38.4. The van der Waals surface area contributed by atoms with Crippen LogP contribution in [0.25, 0.3) is 0 Å². The van der Waals surface area contributed by atoms with Crippen LogP contribution in [0, 0.1) is 68.0 Å². The van der Waals surface area contributed by atoms with E-state index in [9.17, 15) is 15.8 Å². The Morgan fingerprint density at radius 3 is 2.22 bits per heavy atom. The van der Waals surface area contributed by atoms with Gasteiger partial charge in [0.25, 0.3) is 0 Å². The molecule has 136 valence electrons. The number of nitrogens with zero attached hydrogens (tertiary/aromatic N) is 3. The van der Waals surface area contributed by atoms with E-state index in [1.54, 1.807) is 0 Å². The standard InChI is InChI=1S/C23H24N4/c1-22(2,3)16-9-10-17-18(11-16)20(15-7-5-4-6-8-15)23(13-25,14-26)21(27)19(17)12-24/h4-8,10,16,18-20,27H,9,11H2,1-3H3/t16-,18-,19?,20-/m0/s1. The number of nitrogens with one attached hydrogen (secondary N) is 1. The van der Waals surface area contributed by atoms with Gasteiger partial charge in [-0.3, -0.25) is 0 Å². The first kappa shape index (κ1) is 18.9. The second-order valence-electron chi connectivity index (χ2n) is 8.74. The van der Waals surface area contributed by atoms with E-state index in [0.717, 1.165) is 24.0 Å². The highest BCUT2D eigenvalue weighted by Gasteiger charge is 2.58. The Hall–Kier alpha value is -2.90. The summed E-state index contributed by atoms with van der Waals surface area (Å²) in [4.78, 5) is 0. The molecule has 1 aromatic rings. The zero-order valence-corrected chi connectivity index (χ0v) is 16.0. The molecule has 0 aliphatic heterocycles. The van der Waals surface area contributed by atoms with E-state index in [-0.39, 0.29) is 17.0 Å². The first-order valence-electron chi connectivity index (χ1n) is 9.36. The van der Waals surface area contributed by atoms with Crippen molar-refractivity contribution in [3.8, 4) is 18.2 Å².